The molecule has 0 heterocycles. The van der Waals surface area contributed by atoms with Crippen molar-refractivity contribution in [1.29, 1.82) is 0 Å². The summed E-state index contributed by atoms with van der Waals surface area (Å²) in [6, 6.07) is 0. The monoisotopic (exact) mass is 198 g/mol. The van der Waals surface area contributed by atoms with E-state index in [2.05, 4.69) is 0 Å². The van der Waals surface area contributed by atoms with Crippen LogP contribution in [0.5, 0.6) is 0 Å². The van der Waals surface area contributed by atoms with Gasteiger partial charge in [0.1, 0.15) is 0 Å². The second-order valence-electron chi connectivity index (χ2n) is 2.45. The summed E-state index contributed by atoms with van der Waals surface area (Å²) in [5.74, 6) is 0. The summed E-state index contributed by atoms with van der Waals surface area (Å²) in [6.07, 6.45) is -1.90. The Kier molecular flexibility index (Phi) is 6.62. The van der Waals surface area contributed by atoms with E-state index in [1.54, 1.807) is 0 Å². The predicted octanol–water partition coefficient (Wildman–Crippen LogP) is 1.89. The topological polar surface area (TPSA) is 29.5 Å². The maximum Gasteiger partial charge on any atom is 0.409 e. The predicted molar refractivity (Wildman–Crippen MR) is 42.3 cm³/mol. The van der Waals surface area contributed by atoms with E-state index in [1.807, 2.05) is 0 Å². The molecule has 0 fully saturated rings. The Morgan fingerprint density at radius 2 is 1.92 bits per heavy atom. The van der Waals surface area contributed by atoms with Gasteiger partial charge < -0.3 is 9.84 Å². The number of halogens is 3. The molecule has 0 aliphatic rings. The standard InChI is InChI=1S/C8H13F3O2/c9-8(10,11)4-3-7-13-6-2-1-5-12/h3-4,12H,1-2,5-7H2/b4-3+. The van der Waals surface area contributed by atoms with E-state index in [9.17, 15) is 13.2 Å². The Morgan fingerprint density at radius 3 is 2.46 bits per heavy atom. The molecule has 1 N–H and O–H groups in total. The zero-order valence-corrected chi connectivity index (χ0v) is 7.18. The largest absolute Gasteiger partial charge is 0.409 e. The number of allylic oxidation sites excluding steroid dienone is 1. The highest BCUT2D eigenvalue weighted by molar-refractivity contribution is 4.88. The molecule has 0 rings (SSSR count). The minimum absolute atomic E-state index is 0.0368. The zero-order valence-electron chi connectivity index (χ0n) is 7.18. The highest BCUT2D eigenvalue weighted by atomic mass is 19.4. The van der Waals surface area contributed by atoms with Crippen molar-refractivity contribution < 1.29 is 23.0 Å². The molecule has 78 valence electrons. The Balaban J connectivity index is 3.21. The fourth-order valence-electron chi connectivity index (χ4n) is 0.649. The highest BCUT2D eigenvalue weighted by Crippen LogP contribution is 2.15. The lowest BCUT2D eigenvalue weighted by atomic mass is 10.3. The van der Waals surface area contributed by atoms with Crippen LogP contribution in [0.1, 0.15) is 12.8 Å². The van der Waals surface area contributed by atoms with Crippen molar-refractivity contribution in [3.05, 3.63) is 12.2 Å². The molecule has 0 saturated carbocycles. The molecule has 0 aromatic rings. The number of unbranched alkanes of at least 4 members (excludes halogenated alkanes) is 1. The van der Waals surface area contributed by atoms with Crippen LogP contribution in [0.4, 0.5) is 13.2 Å². The zero-order chi connectivity index (χ0) is 10.2. The molecule has 0 aliphatic heterocycles. The third kappa shape index (κ3) is 11.5. The van der Waals surface area contributed by atoms with Crippen LogP contribution in [0, 0.1) is 0 Å². The van der Waals surface area contributed by atoms with Crippen LogP contribution < -0.4 is 0 Å². The van der Waals surface area contributed by atoms with E-state index in [-0.39, 0.29) is 19.3 Å². The molecule has 0 radical (unpaired) electrons. The Morgan fingerprint density at radius 1 is 1.23 bits per heavy atom. The average Bonchev–Trinajstić information content (AvgIpc) is 2.01. The van der Waals surface area contributed by atoms with Crippen molar-refractivity contribution in [1.82, 2.24) is 0 Å². The molecule has 0 atom stereocenters. The molecule has 0 spiro atoms. The lowest BCUT2D eigenvalue weighted by Gasteiger charge is -2.00. The van der Waals surface area contributed by atoms with Crippen LogP contribution in [-0.2, 0) is 4.74 Å². The van der Waals surface area contributed by atoms with Gasteiger partial charge >= 0.3 is 6.18 Å². The lowest BCUT2D eigenvalue weighted by Crippen LogP contribution is -2.02. The normalized spacial score (nSPS) is 12.6. The van der Waals surface area contributed by atoms with Crippen molar-refractivity contribution >= 4 is 0 Å². The Hall–Kier alpha value is -0.550. The molecule has 5 heteroatoms. The summed E-state index contributed by atoms with van der Waals surface area (Å²) in [4.78, 5) is 0. The summed E-state index contributed by atoms with van der Waals surface area (Å²) in [6.45, 7) is 0.426. The van der Waals surface area contributed by atoms with Gasteiger partial charge in [-0.1, -0.05) is 6.08 Å². The average molecular weight is 198 g/mol. The van der Waals surface area contributed by atoms with E-state index >= 15 is 0 Å². The number of ether oxygens (including phenoxy) is 1. The summed E-state index contributed by atoms with van der Waals surface area (Å²) < 4.78 is 39.4. The van der Waals surface area contributed by atoms with Crippen molar-refractivity contribution in [2.75, 3.05) is 19.8 Å². The van der Waals surface area contributed by atoms with Crippen molar-refractivity contribution in [2.45, 2.75) is 19.0 Å². The van der Waals surface area contributed by atoms with Crippen LogP contribution in [0.2, 0.25) is 0 Å². The molecule has 0 aromatic carbocycles. The molecule has 13 heavy (non-hydrogen) atoms. The Bertz CT molecular complexity index is 143. The highest BCUT2D eigenvalue weighted by Gasteiger charge is 2.21. The second kappa shape index (κ2) is 6.91. The maximum atomic E-state index is 11.5. The Labute approximate surface area is 75.0 Å². The van der Waals surface area contributed by atoms with Gasteiger partial charge in [0.25, 0.3) is 0 Å². The number of hydrogen-bond donors (Lipinski definition) is 1. The van der Waals surface area contributed by atoms with E-state index in [0.29, 0.717) is 19.4 Å². The van der Waals surface area contributed by atoms with E-state index in [4.69, 9.17) is 9.84 Å². The van der Waals surface area contributed by atoms with E-state index in [0.717, 1.165) is 6.08 Å². The van der Waals surface area contributed by atoms with E-state index < -0.39 is 6.18 Å². The fraction of sp³-hybridized carbons (Fsp3) is 0.750. The molecule has 2 nitrogen and oxygen atoms in total. The van der Waals surface area contributed by atoms with Gasteiger partial charge in [-0.15, -0.1) is 0 Å². The molecule has 0 aliphatic carbocycles. The maximum absolute atomic E-state index is 11.5. The van der Waals surface area contributed by atoms with Crippen LogP contribution >= 0.6 is 0 Å². The van der Waals surface area contributed by atoms with Crippen LogP contribution in [-0.4, -0.2) is 31.1 Å². The quantitative estimate of drug-likeness (QED) is 0.521. The summed E-state index contributed by atoms with van der Waals surface area (Å²) in [5, 5.41) is 8.36. The van der Waals surface area contributed by atoms with Crippen molar-refractivity contribution in [2.24, 2.45) is 0 Å². The van der Waals surface area contributed by atoms with Crippen LogP contribution in [0.25, 0.3) is 0 Å². The summed E-state index contributed by atoms with van der Waals surface area (Å²) >= 11 is 0. The van der Waals surface area contributed by atoms with Gasteiger partial charge in [-0.25, -0.2) is 0 Å². The van der Waals surface area contributed by atoms with Crippen molar-refractivity contribution in [3.8, 4) is 0 Å². The molecule has 0 unspecified atom stereocenters. The first kappa shape index (κ1) is 12.4. The third-order valence-corrected chi connectivity index (χ3v) is 1.22. The number of alkyl halides is 3. The minimum atomic E-state index is -4.26. The van der Waals surface area contributed by atoms with Gasteiger partial charge in [0, 0.05) is 19.3 Å². The first-order valence-corrected chi connectivity index (χ1v) is 3.99. The van der Waals surface area contributed by atoms with Gasteiger partial charge in [0.2, 0.25) is 0 Å². The van der Waals surface area contributed by atoms with Gasteiger partial charge in [0.15, 0.2) is 0 Å². The number of aliphatic hydroxyl groups is 1. The summed E-state index contributed by atoms with van der Waals surface area (Å²) in [7, 11) is 0. The van der Waals surface area contributed by atoms with Gasteiger partial charge in [-0.3, -0.25) is 0 Å². The van der Waals surface area contributed by atoms with Gasteiger partial charge in [-0.2, -0.15) is 13.2 Å². The fourth-order valence-corrected chi connectivity index (χ4v) is 0.649. The first-order valence-electron chi connectivity index (χ1n) is 3.99. The molecule has 0 aromatic heterocycles. The molecular weight excluding hydrogens is 185 g/mol. The number of hydrogen-bond acceptors (Lipinski definition) is 2. The lowest BCUT2D eigenvalue weighted by molar-refractivity contribution is -0.0803. The molecular formula is C8H13F3O2. The van der Waals surface area contributed by atoms with Gasteiger partial charge in [0.05, 0.1) is 6.61 Å². The molecule has 0 saturated heterocycles. The van der Waals surface area contributed by atoms with E-state index in [1.165, 1.54) is 0 Å². The van der Waals surface area contributed by atoms with Crippen molar-refractivity contribution in [3.63, 3.8) is 0 Å². The number of aliphatic hydroxyl groups excluding tert-OH is 1. The summed E-state index contributed by atoms with van der Waals surface area (Å²) in [5.41, 5.74) is 0. The second-order valence-corrected chi connectivity index (χ2v) is 2.45. The third-order valence-electron chi connectivity index (χ3n) is 1.22. The minimum Gasteiger partial charge on any atom is -0.396 e. The first-order chi connectivity index (χ1) is 6.06. The number of rotatable bonds is 6. The van der Waals surface area contributed by atoms with Crippen LogP contribution in [0.15, 0.2) is 12.2 Å². The molecule has 0 bridgehead atoms. The van der Waals surface area contributed by atoms with Gasteiger partial charge in [-0.05, 0) is 12.8 Å². The SMILES string of the molecule is OCCCCOC/C=C/C(F)(F)F. The molecule has 0 amide bonds. The van der Waals surface area contributed by atoms with Crippen LogP contribution in [0.3, 0.4) is 0 Å². The smallest absolute Gasteiger partial charge is 0.396 e.